The van der Waals surface area contributed by atoms with Gasteiger partial charge >= 0.3 is 6.09 Å². The van der Waals surface area contributed by atoms with E-state index >= 15 is 0 Å². The Labute approximate surface area is 208 Å². The standard InChI is InChI=1S/C27H37N5O3/c1-17(2)9-6-10-18-11-7-13-21(33)22(18)25-30-23(20(15-28)24(29)31-25)19-12-8-14-32(16-19)26(34)35-27(3,4)5/h7,11,13,17,19,33H,6,8-10,12,14,16H2,1-5H3,(H2,29,30,31). The normalized spacial score (nSPS) is 16.3. The van der Waals surface area contributed by atoms with E-state index in [1.807, 2.05) is 32.9 Å². The second-order valence-electron chi connectivity index (χ2n) is 10.7. The highest BCUT2D eigenvalue weighted by molar-refractivity contribution is 5.71. The van der Waals surface area contributed by atoms with Gasteiger partial charge in [0, 0.05) is 19.0 Å². The number of rotatable bonds is 6. The van der Waals surface area contributed by atoms with E-state index in [-0.39, 0.29) is 29.1 Å². The quantitative estimate of drug-likeness (QED) is 0.568. The highest BCUT2D eigenvalue weighted by Gasteiger charge is 2.31. The monoisotopic (exact) mass is 479 g/mol. The number of nitrogens with two attached hydrogens (primary N) is 1. The van der Waals surface area contributed by atoms with E-state index in [4.69, 9.17) is 15.5 Å². The van der Waals surface area contributed by atoms with Gasteiger partial charge in [-0.05, 0) is 64.0 Å². The third kappa shape index (κ3) is 6.62. The molecule has 0 saturated carbocycles. The topological polar surface area (TPSA) is 125 Å². The summed E-state index contributed by atoms with van der Waals surface area (Å²) >= 11 is 0. The number of hydrogen-bond donors (Lipinski definition) is 2. The minimum Gasteiger partial charge on any atom is -0.507 e. The van der Waals surface area contributed by atoms with Crippen molar-refractivity contribution in [2.45, 2.75) is 78.2 Å². The summed E-state index contributed by atoms with van der Waals surface area (Å²) in [5, 5.41) is 20.6. The Hall–Kier alpha value is -3.34. The number of aromatic hydroxyl groups is 1. The van der Waals surface area contributed by atoms with Crippen molar-refractivity contribution in [2.24, 2.45) is 5.92 Å². The van der Waals surface area contributed by atoms with Crippen molar-refractivity contribution in [1.29, 1.82) is 5.26 Å². The average molecular weight is 480 g/mol. The van der Waals surface area contributed by atoms with Crippen molar-refractivity contribution in [3.63, 3.8) is 0 Å². The molecule has 0 radical (unpaired) electrons. The predicted octanol–water partition coefficient (Wildman–Crippen LogP) is 5.40. The summed E-state index contributed by atoms with van der Waals surface area (Å²) in [4.78, 5) is 23.5. The molecule has 0 aliphatic carbocycles. The number of aromatic nitrogens is 2. The number of amides is 1. The fraction of sp³-hybridized carbons (Fsp3) is 0.556. The van der Waals surface area contributed by atoms with Gasteiger partial charge in [0.05, 0.1) is 11.3 Å². The number of ether oxygens (including phenoxy) is 1. The Morgan fingerprint density at radius 3 is 2.74 bits per heavy atom. The number of nitriles is 1. The molecule has 1 aliphatic heterocycles. The number of phenolic OH excluding ortho intramolecular Hbond substituents is 1. The second kappa shape index (κ2) is 10.9. The van der Waals surface area contributed by atoms with E-state index in [1.54, 1.807) is 11.0 Å². The van der Waals surface area contributed by atoms with Crippen LogP contribution in [-0.4, -0.2) is 44.8 Å². The van der Waals surface area contributed by atoms with E-state index < -0.39 is 5.60 Å². The first kappa shape index (κ1) is 26.3. The van der Waals surface area contributed by atoms with Crippen LogP contribution in [0, 0.1) is 17.2 Å². The van der Waals surface area contributed by atoms with Crippen LogP contribution in [-0.2, 0) is 11.2 Å². The van der Waals surface area contributed by atoms with Crippen molar-refractivity contribution in [1.82, 2.24) is 14.9 Å². The van der Waals surface area contributed by atoms with Crippen LogP contribution in [0.25, 0.3) is 11.4 Å². The van der Waals surface area contributed by atoms with Crippen molar-refractivity contribution in [3.05, 3.63) is 35.0 Å². The fourth-order valence-corrected chi connectivity index (χ4v) is 4.46. The van der Waals surface area contributed by atoms with Crippen LogP contribution in [0.1, 0.15) is 83.0 Å². The van der Waals surface area contributed by atoms with Gasteiger partial charge in [-0.2, -0.15) is 5.26 Å². The molecule has 188 valence electrons. The number of nitrogen functional groups attached to an aromatic ring is 1. The van der Waals surface area contributed by atoms with Gasteiger partial charge in [0.2, 0.25) is 0 Å². The SMILES string of the molecule is CC(C)CCCc1cccc(O)c1-c1nc(N)c(C#N)c(C2CCCN(C(=O)OC(C)(C)C)C2)n1. The summed E-state index contributed by atoms with van der Waals surface area (Å²) < 4.78 is 5.55. The maximum absolute atomic E-state index is 12.7. The molecule has 1 aliphatic rings. The van der Waals surface area contributed by atoms with E-state index in [0.29, 0.717) is 36.1 Å². The first-order chi connectivity index (χ1) is 16.5. The Morgan fingerprint density at radius 1 is 1.34 bits per heavy atom. The van der Waals surface area contributed by atoms with E-state index in [0.717, 1.165) is 37.7 Å². The number of nitrogens with zero attached hydrogens (tertiary/aromatic N) is 4. The molecule has 2 heterocycles. The molecule has 1 amide bonds. The summed E-state index contributed by atoms with van der Waals surface area (Å²) in [6.45, 7) is 10.8. The Morgan fingerprint density at radius 2 is 2.09 bits per heavy atom. The van der Waals surface area contributed by atoms with Crippen molar-refractivity contribution in [3.8, 4) is 23.2 Å². The van der Waals surface area contributed by atoms with E-state index in [2.05, 4.69) is 24.9 Å². The van der Waals surface area contributed by atoms with Crippen LogP contribution in [0.15, 0.2) is 18.2 Å². The Kier molecular flexibility index (Phi) is 8.21. The molecule has 0 bridgehead atoms. The summed E-state index contributed by atoms with van der Waals surface area (Å²) in [6, 6.07) is 7.55. The smallest absolute Gasteiger partial charge is 0.410 e. The predicted molar refractivity (Wildman–Crippen MR) is 136 cm³/mol. The first-order valence-corrected chi connectivity index (χ1v) is 12.4. The number of benzene rings is 1. The minimum absolute atomic E-state index is 0.0817. The molecule has 1 unspecified atom stereocenters. The van der Waals surface area contributed by atoms with E-state index in [9.17, 15) is 15.2 Å². The van der Waals surface area contributed by atoms with Gasteiger partial charge < -0.3 is 20.5 Å². The Balaban J connectivity index is 1.98. The lowest BCUT2D eigenvalue weighted by Crippen LogP contribution is -2.42. The van der Waals surface area contributed by atoms with Crippen LogP contribution < -0.4 is 5.73 Å². The summed E-state index contributed by atoms with van der Waals surface area (Å²) in [7, 11) is 0. The van der Waals surface area contributed by atoms with Gasteiger partial charge in [0.25, 0.3) is 0 Å². The first-order valence-electron chi connectivity index (χ1n) is 12.4. The summed E-state index contributed by atoms with van der Waals surface area (Å²) in [6.07, 6.45) is 3.95. The molecule has 2 aromatic rings. The fourth-order valence-electron chi connectivity index (χ4n) is 4.46. The van der Waals surface area contributed by atoms with Crippen molar-refractivity contribution < 1.29 is 14.6 Å². The maximum atomic E-state index is 12.7. The number of anilines is 1. The molecular weight excluding hydrogens is 442 g/mol. The van der Waals surface area contributed by atoms with Crippen LogP contribution in [0.4, 0.5) is 10.6 Å². The zero-order valence-electron chi connectivity index (χ0n) is 21.5. The number of aryl methyl sites for hydroxylation is 1. The number of carbonyl (C=O) groups is 1. The summed E-state index contributed by atoms with van der Waals surface area (Å²) in [5.74, 6) is 0.872. The zero-order valence-corrected chi connectivity index (χ0v) is 21.5. The van der Waals surface area contributed by atoms with Gasteiger partial charge in [0.15, 0.2) is 5.82 Å². The lowest BCUT2D eigenvalue weighted by Gasteiger charge is -2.34. The number of carbonyl (C=O) groups excluding carboxylic acids is 1. The van der Waals surface area contributed by atoms with Crippen molar-refractivity contribution in [2.75, 3.05) is 18.8 Å². The molecule has 35 heavy (non-hydrogen) atoms. The lowest BCUT2D eigenvalue weighted by atomic mass is 9.91. The van der Waals surface area contributed by atoms with E-state index in [1.165, 1.54) is 0 Å². The molecule has 3 N–H and O–H groups in total. The number of hydrogen-bond acceptors (Lipinski definition) is 7. The van der Waals surface area contributed by atoms with Crippen molar-refractivity contribution >= 4 is 11.9 Å². The van der Waals surface area contributed by atoms with Crippen LogP contribution >= 0.6 is 0 Å². The van der Waals surface area contributed by atoms with Crippen LogP contribution in [0.5, 0.6) is 5.75 Å². The van der Waals surface area contributed by atoms with Gasteiger partial charge in [-0.1, -0.05) is 32.4 Å². The number of likely N-dealkylation sites (tertiary alicyclic amines) is 1. The highest BCUT2D eigenvalue weighted by atomic mass is 16.6. The molecule has 1 saturated heterocycles. The third-order valence-electron chi connectivity index (χ3n) is 6.12. The zero-order chi connectivity index (χ0) is 25.8. The molecule has 1 aromatic carbocycles. The second-order valence-corrected chi connectivity index (χ2v) is 10.7. The molecule has 8 nitrogen and oxygen atoms in total. The minimum atomic E-state index is -0.592. The largest absolute Gasteiger partial charge is 0.507 e. The summed E-state index contributed by atoms with van der Waals surface area (Å²) in [5.41, 5.74) is 7.87. The molecular formula is C27H37N5O3. The third-order valence-corrected chi connectivity index (χ3v) is 6.12. The molecule has 1 aromatic heterocycles. The molecule has 8 heteroatoms. The van der Waals surface area contributed by atoms with Gasteiger partial charge in [0.1, 0.15) is 28.8 Å². The Bertz CT molecular complexity index is 1100. The van der Waals surface area contributed by atoms with Crippen LogP contribution in [0.2, 0.25) is 0 Å². The number of phenols is 1. The lowest BCUT2D eigenvalue weighted by molar-refractivity contribution is 0.0197. The number of piperidine rings is 1. The molecule has 3 rings (SSSR count). The highest BCUT2D eigenvalue weighted by Crippen LogP contribution is 2.36. The molecule has 1 fully saturated rings. The van der Waals surface area contributed by atoms with Gasteiger partial charge in [-0.25, -0.2) is 14.8 Å². The molecule has 1 atom stereocenters. The molecule has 0 spiro atoms. The van der Waals surface area contributed by atoms with Crippen LogP contribution in [0.3, 0.4) is 0 Å². The van der Waals surface area contributed by atoms with Gasteiger partial charge in [-0.15, -0.1) is 0 Å². The van der Waals surface area contributed by atoms with Gasteiger partial charge in [-0.3, -0.25) is 0 Å². The average Bonchev–Trinajstić information content (AvgIpc) is 2.77. The maximum Gasteiger partial charge on any atom is 0.410 e.